The maximum Gasteiger partial charge on any atom is 0.309 e. The van der Waals surface area contributed by atoms with E-state index in [1.54, 1.807) is 5.56 Å². The highest BCUT2D eigenvalue weighted by atomic mass is 16.5. The molecule has 1 aromatic carbocycles. The number of hydrogen-bond donors (Lipinski definition) is 0. The number of ether oxygens (including phenoxy) is 1. The van der Waals surface area contributed by atoms with Crippen LogP contribution in [0, 0.1) is 5.92 Å². The largest absolute Gasteiger partial charge is 0.466 e. The number of esters is 1. The van der Waals surface area contributed by atoms with Gasteiger partial charge in [-0.05, 0) is 61.1 Å². The lowest BCUT2D eigenvalue weighted by Crippen LogP contribution is -2.39. The van der Waals surface area contributed by atoms with Gasteiger partial charge in [-0.2, -0.15) is 0 Å². The Hall–Kier alpha value is -1.31. The molecule has 0 N–H and O–H groups in total. The molecular formula is C17H22O2. The minimum absolute atomic E-state index is 0.00893. The van der Waals surface area contributed by atoms with Crippen LogP contribution in [0.4, 0.5) is 0 Å². The summed E-state index contributed by atoms with van der Waals surface area (Å²) in [4.78, 5) is 12.1. The first kappa shape index (κ1) is 12.7. The third-order valence-electron chi connectivity index (χ3n) is 4.80. The summed E-state index contributed by atoms with van der Waals surface area (Å²) in [5.41, 5.74) is 4.61. The predicted molar refractivity (Wildman–Crippen MR) is 75.2 cm³/mol. The molecule has 0 saturated carbocycles. The van der Waals surface area contributed by atoms with E-state index in [1.807, 2.05) is 6.92 Å². The lowest BCUT2D eigenvalue weighted by Gasteiger charge is -2.43. The first-order chi connectivity index (χ1) is 9.14. The van der Waals surface area contributed by atoms with Gasteiger partial charge in [0.05, 0.1) is 12.5 Å². The lowest BCUT2D eigenvalue weighted by molar-refractivity contribution is -0.149. The predicted octanol–water partition coefficient (Wildman–Crippen LogP) is 3.41. The Morgan fingerprint density at radius 3 is 3.00 bits per heavy atom. The van der Waals surface area contributed by atoms with Crippen LogP contribution in [0.25, 0.3) is 0 Å². The van der Waals surface area contributed by atoms with Gasteiger partial charge in [0.25, 0.3) is 0 Å². The first-order valence-corrected chi connectivity index (χ1v) is 7.42. The van der Waals surface area contributed by atoms with E-state index in [1.165, 1.54) is 30.4 Å². The molecule has 0 radical (unpaired) electrons. The van der Waals surface area contributed by atoms with Gasteiger partial charge in [-0.3, -0.25) is 4.79 Å². The second-order valence-electron chi connectivity index (χ2n) is 6.22. The second kappa shape index (κ2) is 4.66. The van der Waals surface area contributed by atoms with Crippen molar-refractivity contribution in [3.63, 3.8) is 0 Å². The van der Waals surface area contributed by atoms with Gasteiger partial charge in [0.1, 0.15) is 0 Å². The SMILES string of the molecule is CCOC(=O)C1Cc2cccc3c2C(C)(CCC3)C1. The summed E-state index contributed by atoms with van der Waals surface area (Å²) in [6, 6.07) is 6.61. The quantitative estimate of drug-likeness (QED) is 0.760. The van der Waals surface area contributed by atoms with E-state index in [9.17, 15) is 4.79 Å². The molecule has 1 aromatic rings. The Kier molecular flexibility index (Phi) is 3.12. The Morgan fingerprint density at radius 2 is 2.21 bits per heavy atom. The number of benzene rings is 1. The molecule has 0 amide bonds. The zero-order valence-electron chi connectivity index (χ0n) is 11.9. The van der Waals surface area contributed by atoms with Crippen LogP contribution in [-0.4, -0.2) is 12.6 Å². The molecule has 2 heteroatoms. The molecule has 0 saturated heterocycles. The third kappa shape index (κ3) is 2.07. The van der Waals surface area contributed by atoms with Gasteiger partial charge >= 0.3 is 5.97 Å². The molecule has 0 spiro atoms. The summed E-state index contributed by atoms with van der Waals surface area (Å²) in [7, 11) is 0. The van der Waals surface area contributed by atoms with E-state index in [2.05, 4.69) is 25.1 Å². The van der Waals surface area contributed by atoms with Crippen molar-refractivity contribution in [1.82, 2.24) is 0 Å². The van der Waals surface area contributed by atoms with Crippen molar-refractivity contribution in [2.45, 2.75) is 51.4 Å². The van der Waals surface area contributed by atoms with Crippen LogP contribution in [0.1, 0.15) is 49.8 Å². The second-order valence-corrected chi connectivity index (χ2v) is 6.22. The molecule has 2 unspecified atom stereocenters. The van der Waals surface area contributed by atoms with Crippen molar-refractivity contribution < 1.29 is 9.53 Å². The monoisotopic (exact) mass is 258 g/mol. The Morgan fingerprint density at radius 1 is 1.42 bits per heavy atom. The Balaban J connectivity index is 1.99. The average molecular weight is 258 g/mol. The van der Waals surface area contributed by atoms with Gasteiger partial charge < -0.3 is 4.74 Å². The summed E-state index contributed by atoms with van der Waals surface area (Å²) in [6.45, 7) is 4.70. The summed E-state index contributed by atoms with van der Waals surface area (Å²) >= 11 is 0. The smallest absolute Gasteiger partial charge is 0.309 e. The highest BCUT2D eigenvalue weighted by molar-refractivity contribution is 5.74. The van der Waals surface area contributed by atoms with Crippen molar-refractivity contribution in [3.8, 4) is 0 Å². The van der Waals surface area contributed by atoms with Crippen LogP contribution in [0.5, 0.6) is 0 Å². The van der Waals surface area contributed by atoms with E-state index in [0.717, 1.165) is 12.8 Å². The van der Waals surface area contributed by atoms with Gasteiger partial charge in [0.15, 0.2) is 0 Å². The third-order valence-corrected chi connectivity index (χ3v) is 4.80. The molecule has 0 fully saturated rings. The molecule has 3 rings (SSSR count). The van der Waals surface area contributed by atoms with Crippen molar-refractivity contribution in [2.75, 3.05) is 6.61 Å². The molecule has 2 nitrogen and oxygen atoms in total. The molecule has 2 aliphatic carbocycles. The van der Waals surface area contributed by atoms with Crippen LogP contribution >= 0.6 is 0 Å². The average Bonchev–Trinajstić information content (AvgIpc) is 2.38. The molecule has 0 aromatic heterocycles. The minimum Gasteiger partial charge on any atom is -0.466 e. The van der Waals surface area contributed by atoms with E-state index < -0.39 is 0 Å². The fourth-order valence-corrected chi connectivity index (χ4v) is 4.11. The van der Waals surface area contributed by atoms with E-state index in [0.29, 0.717) is 6.61 Å². The number of aryl methyl sites for hydroxylation is 1. The van der Waals surface area contributed by atoms with Crippen molar-refractivity contribution in [3.05, 3.63) is 34.9 Å². The lowest BCUT2D eigenvalue weighted by atomic mass is 9.61. The van der Waals surface area contributed by atoms with Gasteiger partial charge in [-0.1, -0.05) is 25.1 Å². The van der Waals surface area contributed by atoms with E-state index in [-0.39, 0.29) is 17.3 Å². The highest BCUT2D eigenvalue weighted by Crippen LogP contribution is 2.47. The van der Waals surface area contributed by atoms with Crippen LogP contribution in [0.3, 0.4) is 0 Å². The van der Waals surface area contributed by atoms with Crippen LogP contribution < -0.4 is 0 Å². The summed E-state index contributed by atoms with van der Waals surface area (Å²) in [6.07, 6.45) is 5.45. The number of carbonyl (C=O) groups excluding carboxylic acids is 1. The zero-order valence-corrected chi connectivity index (χ0v) is 11.9. The molecule has 19 heavy (non-hydrogen) atoms. The maximum atomic E-state index is 12.1. The Bertz CT molecular complexity index is 506. The maximum absolute atomic E-state index is 12.1. The van der Waals surface area contributed by atoms with Crippen molar-refractivity contribution in [2.24, 2.45) is 5.92 Å². The normalized spacial score (nSPS) is 28.6. The fraction of sp³-hybridized carbons (Fsp3) is 0.588. The summed E-state index contributed by atoms with van der Waals surface area (Å²) < 4.78 is 5.24. The summed E-state index contributed by atoms with van der Waals surface area (Å²) in [5, 5.41) is 0. The van der Waals surface area contributed by atoms with Gasteiger partial charge in [-0.25, -0.2) is 0 Å². The minimum atomic E-state index is -0.00893. The van der Waals surface area contributed by atoms with E-state index >= 15 is 0 Å². The number of hydrogen-bond acceptors (Lipinski definition) is 2. The standard InChI is InChI=1S/C17H22O2/c1-3-19-16(18)14-10-13-7-4-6-12-8-5-9-17(2,11-14)15(12)13/h4,6-7,14H,3,5,8-11H2,1-2H3. The van der Waals surface area contributed by atoms with Gasteiger partial charge in [0, 0.05) is 0 Å². The fourth-order valence-electron chi connectivity index (χ4n) is 4.11. The van der Waals surface area contributed by atoms with E-state index in [4.69, 9.17) is 4.74 Å². The molecule has 0 aliphatic heterocycles. The van der Waals surface area contributed by atoms with Crippen molar-refractivity contribution >= 4 is 5.97 Å². The van der Waals surface area contributed by atoms with Crippen LogP contribution in [0.15, 0.2) is 18.2 Å². The number of carbonyl (C=O) groups is 1. The van der Waals surface area contributed by atoms with Gasteiger partial charge in [-0.15, -0.1) is 0 Å². The first-order valence-electron chi connectivity index (χ1n) is 7.42. The zero-order chi connectivity index (χ0) is 13.5. The molecule has 2 atom stereocenters. The van der Waals surface area contributed by atoms with Crippen LogP contribution in [0.2, 0.25) is 0 Å². The topological polar surface area (TPSA) is 26.3 Å². The van der Waals surface area contributed by atoms with Crippen molar-refractivity contribution in [1.29, 1.82) is 0 Å². The molecule has 0 heterocycles. The number of rotatable bonds is 2. The molecule has 102 valence electrons. The molecule has 0 bridgehead atoms. The molecule has 2 aliphatic rings. The highest BCUT2D eigenvalue weighted by Gasteiger charge is 2.42. The van der Waals surface area contributed by atoms with Crippen LogP contribution in [-0.2, 0) is 27.8 Å². The Labute approximate surface area is 115 Å². The molecular weight excluding hydrogens is 236 g/mol. The van der Waals surface area contributed by atoms with Gasteiger partial charge in [0.2, 0.25) is 0 Å². The summed E-state index contributed by atoms with van der Waals surface area (Å²) in [5.74, 6) is 0.0381.